The SMILES string of the molecule is CC1CN(C(=O)c2ccc(S(C)(=O)=O)cc2)CC(c2ccccc2)O1. The standard InChI is InChI=1S/C19H21NO4S/c1-14-12-20(13-18(24-14)15-6-4-3-5-7-15)19(21)16-8-10-17(11-9-16)25(2,22)23/h3-11,14,18H,12-13H2,1-2H3. The Morgan fingerprint density at radius 3 is 2.28 bits per heavy atom. The van der Waals surface area contributed by atoms with Crippen molar-refractivity contribution in [2.75, 3.05) is 19.3 Å². The summed E-state index contributed by atoms with van der Waals surface area (Å²) in [5.74, 6) is -0.115. The minimum Gasteiger partial charge on any atom is -0.367 e. The molecule has 1 heterocycles. The van der Waals surface area contributed by atoms with Gasteiger partial charge in [0.25, 0.3) is 5.91 Å². The van der Waals surface area contributed by atoms with E-state index in [1.807, 2.05) is 37.3 Å². The van der Waals surface area contributed by atoms with Crippen LogP contribution in [-0.4, -0.2) is 44.7 Å². The normalized spacial score (nSPS) is 21.1. The smallest absolute Gasteiger partial charge is 0.254 e. The van der Waals surface area contributed by atoms with Gasteiger partial charge in [-0.05, 0) is 36.8 Å². The summed E-state index contributed by atoms with van der Waals surface area (Å²) in [6.07, 6.45) is 0.917. The number of carbonyl (C=O) groups excluding carboxylic acids is 1. The third kappa shape index (κ3) is 4.08. The maximum Gasteiger partial charge on any atom is 0.254 e. The number of carbonyl (C=O) groups is 1. The summed E-state index contributed by atoms with van der Waals surface area (Å²) < 4.78 is 29.1. The number of sulfone groups is 1. The second kappa shape index (κ2) is 6.98. The Morgan fingerprint density at radius 1 is 1.04 bits per heavy atom. The molecule has 0 aromatic heterocycles. The van der Waals surface area contributed by atoms with E-state index in [1.54, 1.807) is 17.0 Å². The maximum atomic E-state index is 12.8. The van der Waals surface area contributed by atoms with Crippen molar-refractivity contribution in [2.24, 2.45) is 0 Å². The van der Waals surface area contributed by atoms with E-state index in [9.17, 15) is 13.2 Å². The lowest BCUT2D eigenvalue weighted by Crippen LogP contribution is -2.45. The minimum absolute atomic E-state index is 0.0711. The van der Waals surface area contributed by atoms with Crippen molar-refractivity contribution >= 4 is 15.7 Å². The molecule has 3 rings (SSSR count). The summed E-state index contributed by atoms with van der Waals surface area (Å²) in [5.41, 5.74) is 1.52. The highest BCUT2D eigenvalue weighted by Gasteiger charge is 2.29. The molecule has 1 aliphatic rings. The van der Waals surface area contributed by atoms with Crippen LogP contribution < -0.4 is 0 Å². The first-order chi connectivity index (χ1) is 11.8. The zero-order chi connectivity index (χ0) is 18.0. The average molecular weight is 359 g/mol. The van der Waals surface area contributed by atoms with E-state index in [0.717, 1.165) is 11.8 Å². The van der Waals surface area contributed by atoms with Gasteiger partial charge in [-0.2, -0.15) is 0 Å². The maximum absolute atomic E-state index is 12.8. The molecule has 1 fully saturated rings. The molecule has 0 radical (unpaired) electrons. The Kier molecular flexibility index (Phi) is 4.92. The Bertz CT molecular complexity index is 847. The van der Waals surface area contributed by atoms with Crippen molar-refractivity contribution in [3.8, 4) is 0 Å². The summed E-state index contributed by atoms with van der Waals surface area (Å²) in [6, 6.07) is 15.9. The predicted molar refractivity (Wildman–Crippen MR) is 95.2 cm³/mol. The third-order valence-electron chi connectivity index (χ3n) is 4.25. The Labute approximate surface area is 148 Å². The zero-order valence-electron chi connectivity index (χ0n) is 14.3. The van der Waals surface area contributed by atoms with Crippen LogP contribution in [-0.2, 0) is 14.6 Å². The molecular weight excluding hydrogens is 338 g/mol. The van der Waals surface area contributed by atoms with E-state index >= 15 is 0 Å². The van der Waals surface area contributed by atoms with Crippen LogP contribution in [0.25, 0.3) is 0 Å². The van der Waals surface area contributed by atoms with Crippen molar-refractivity contribution in [1.82, 2.24) is 4.90 Å². The fraction of sp³-hybridized carbons (Fsp3) is 0.316. The molecule has 2 aromatic carbocycles. The van der Waals surface area contributed by atoms with E-state index in [-0.39, 0.29) is 23.0 Å². The molecule has 2 unspecified atom stereocenters. The largest absolute Gasteiger partial charge is 0.367 e. The molecule has 2 aromatic rings. The predicted octanol–water partition coefficient (Wildman–Crippen LogP) is 2.69. The van der Waals surface area contributed by atoms with Gasteiger partial charge in [0.1, 0.15) is 6.10 Å². The lowest BCUT2D eigenvalue weighted by atomic mass is 10.1. The van der Waals surface area contributed by atoms with E-state index in [4.69, 9.17) is 4.74 Å². The Morgan fingerprint density at radius 2 is 1.68 bits per heavy atom. The minimum atomic E-state index is -3.27. The molecule has 2 atom stereocenters. The van der Waals surface area contributed by atoms with E-state index in [2.05, 4.69) is 0 Å². The highest BCUT2D eigenvalue weighted by atomic mass is 32.2. The van der Waals surface area contributed by atoms with Crippen molar-refractivity contribution in [1.29, 1.82) is 0 Å². The summed E-state index contributed by atoms with van der Waals surface area (Å²) >= 11 is 0. The van der Waals surface area contributed by atoms with E-state index in [1.165, 1.54) is 12.1 Å². The van der Waals surface area contributed by atoms with Gasteiger partial charge in [0.05, 0.1) is 17.5 Å². The van der Waals surface area contributed by atoms with Crippen molar-refractivity contribution in [2.45, 2.75) is 24.0 Å². The number of amides is 1. The van der Waals surface area contributed by atoms with Crippen molar-refractivity contribution in [3.05, 3.63) is 65.7 Å². The molecule has 0 bridgehead atoms. The zero-order valence-corrected chi connectivity index (χ0v) is 15.1. The van der Waals surface area contributed by atoms with E-state index < -0.39 is 9.84 Å². The second-order valence-electron chi connectivity index (χ2n) is 6.35. The quantitative estimate of drug-likeness (QED) is 0.845. The van der Waals surface area contributed by atoms with Gasteiger partial charge in [-0.15, -0.1) is 0 Å². The highest BCUT2D eigenvalue weighted by molar-refractivity contribution is 7.90. The molecule has 6 heteroatoms. The lowest BCUT2D eigenvalue weighted by molar-refractivity contribution is -0.0691. The van der Waals surface area contributed by atoms with Crippen molar-refractivity contribution in [3.63, 3.8) is 0 Å². The molecule has 0 N–H and O–H groups in total. The highest BCUT2D eigenvalue weighted by Crippen LogP contribution is 2.26. The molecular formula is C19H21NO4S. The fourth-order valence-electron chi connectivity index (χ4n) is 3.00. The van der Waals surface area contributed by atoms with E-state index in [0.29, 0.717) is 18.7 Å². The average Bonchev–Trinajstić information content (AvgIpc) is 2.61. The number of benzene rings is 2. The van der Waals surface area contributed by atoms with Gasteiger partial charge in [-0.3, -0.25) is 4.79 Å². The molecule has 1 saturated heterocycles. The molecule has 132 valence electrons. The monoisotopic (exact) mass is 359 g/mol. The lowest BCUT2D eigenvalue weighted by Gasteiger charge is -2.37. The summed E-state index contributed by atoms with van der Waals surface area (Å²) in [4.78, 5) is 14.8. The van der Waals surface area contributed by atoms with Gasteiger partial charge in [0.2, 0.25) is 0 Å². The van der Waals surface area contributed by atoms with Gasteiger partial charge >= 0.3 is 0 Å². The van der Waals surface area contributed by atoms with Gasteiger partial charge in [-0.25, -0.2) is 8.42 Å². The molecule has 25 heavy (non-hydrogen) atoms. The summed E-state index contributed by atoms with van der Waals surface area (Å²) in [6.45, 7) is 2.93. The first-order valence-electron chi connectivity index (χ1n) is 8.14. The third-order valence-corrected chi connectivity index (χ3v) is 5.38. The molecule has 0 saturated carbocycles. The number of morpholine rings is 1. The van der Waals surface area contributed by atoms with Crippen LogP contribution in [0.15, 0.2) is 59.5 Å². The number of hydrogen-bond acceptors (Lipinski definition) is 4. The Hall–Kier alpha value is -2.18. The Balaban J connectivity index is 1.79. The van der Waals surface area contributed by atoms with Crippen LogP contribution in [0.3, 0.4) is 0 Å². The summed E-state index contributed by atoms with van der Waals surface area (Å²) in [5, 5.41) is 0. The number of rotatable bonds is 3. The first-order valence-corrected chi connectivity index (χ1v) is 10.0. The van der Waals surface area contributed by atoms with Crippen LogP contribution >= 0.6 is 0 Å². The van der Waals surface area contributed by atoms with Gasteiger partial charge in [-0.1, -0.05) is 30.3 Å². The number of hydrogen-bond donors (Lipinski definition) is 0. The second-order valence-corrected chi connectivity index (χ2v) is 8.37. The number of ether oxygens (including phenoxy) is 1. The van der Waals surface area contributed by atoms with Crippen LogP contribution in [0, 0.1) is 0 Å². The molecule has 0 aliphatic carbocycles. The van der Waals surface area contributed by atoms with Gasteiger partial charge in [0, 0.05) is 18.4 Å². The molecule has 5 nitrogen and oxygen atoms in total. The first kappa shape index (κ1) is 17.6. The molecule has 1 aliphatic heterocycles. The summed E-state index contributed by atoms with van der Waals surface area (Å²) in [7, 11) is -3.27. The molecule has 0 spiro atoms. The number of nitrogens with zero attached hydrogens (tertiary/aromatic N) is 1. The van der Waals surface area contributed by atoms with Crippen LogP contribution in [0.4, 0.5) is 0 Å². The van der Waals surface area contributed by atoms with Crippen molar-refractivity contribution < 1.29 is 17.9 Å². The fourth-order valence-corrected chi connectivity index (χ4v) is 3.63. The van der Waals surface area contributed by atoms with Gasteiger partial charge < -0.3 is 9.64 Å². The topological polar surface area (TPSA) is 63.7 Å². The van der Waals surface area contributed by atoms with Crippen LogP contribution in [0.5, 0.6) is 0 Å². The van der Waals surface area contributed by atoms with Gasteiger partial charge in [0.15, 0.2) is 9.84 Å². The van der Waals surface area contributed by atoms with Crippen LogP contribution in [0.2, 0.25) is 0 Å². The molecule has 1 amide bonds. The van der Waals surface area contributed by atoms with Crippen LogP contribution in [0.1, 0.15) is 28.9 Å².